The normalized spacial score (nSPS) is 11.6. The van der Waals surface area contributed by atoms with Crippen molar-refractivity contribution in [1.82, 2.24) is 15.2 Å². The summed E-state index contributed by atoms with van der Waals surface area (Å²) >= 11 is 0. The fourth-order valence-electron chi connectivity index (χ4n) is 1.65. The molecule has 0 saturated heterocycles. The first kappa shape index (κ1) is 12.6. The van der Waals surface area contributed by atoms with Crippen LogP contribution in [-0.2, 0) is 0 Å². The Bertz CT molecular complexity index is 522. The quantitative estimate of drug-likeness (QED) is 0.783. The summed E-state index contributed by atoms with van der Waals surface area (Å²) in [5.41, 5.74) is 8.56. The SMILES string of the molecule is CC(C)N(C)CCNc1ccc(N)c2nonc12. The molecule has 0 saturated carbocycles. The fourth-order valence-corrected chi connectivity index (χ4v) is 1.65. The Labute approximate surface area is 106 Å². The minimum atomic E-state index is 0.534. The van der Waals surface area contributed by atoms with Crippen LogP contribution >= 0.6 is 0 Å². The number of benzene rings is 1. The lowest BCUT2D eigenvalue weighted by Crippen LogP contribution is -2.31. The average molecular weight is 249 g/mol. The third-order valence-electron chi connectivity index (χ3n) is 3.11. The van der Waals surface area contributed by atoms with E-state index < -0.39 is 0 Å². The Kier molecular flexibility index (Phi) is 3.66. The van der Waals surface area contributed by atoms with Gasteiger partial charge in [0.25, 0.3) is 0 Å². The van der Waals surface area contributed by atoms with Crippen molar-refractivity contribution in [2.45, 2.75) is 19.9 Å². The van der Waals surface area contributed by atoms with Gasteiger partial charge in [-0.05, 0) is 43.3 Å². The Balaban J connectivity index is 2.04. The maximum atomic E-state index is 5.79. The number of fused-ring (bicyclic) bond motifs is 1. The number of aromatic nitrogens is 2. The lowest BCUT2D eigenvalue weighted by molar-refractivity contribution is 0.284. The first-order valence-corrected chi connectivity index (χ1v) is 6.04. The molecule has 1 aromatic carbocycles. The van der Waals surface area contributed by atoms with Crippen LogP contribution in [0.1, 0.15) is 13.8 Å². The zero-order valence-electron chi connectivity index (χ0n) is 11.0. The van der Waals surface area contributed by atoms with Gasteiger partial charge in [-0.25, -0.2) is 4.63 Å². The topological polar surface area (TPSA) is 80.2 Å². The van der Waals surface area contributed by atoms with Gasteiger partial charge >= 0.3 is 0 Å². The second-order valence-electron chi connectivity index (χ2n) is 4.66. The highest BCUT2D eigenvalue weighted by Gasteiger charge is 2.10. The van der Waals surface area contributed by atoms with Crippen molar-refractivity contribution in [2.75, 3.05) is 31.2 Å². The van der Waals surface area contributed by atoms with Gasteiger partial charge in [0.05, 0.1) is 11.4 Å². The van der Waals surface area contributed by atoms with Gasteiger partial charge in [-0.1, -0.05) is 0 Å². The Morgan fingerprint density at radius 1 is 1.33 bits per heavy atom. The third-order valence-corrected chi connectivity index (χ3v) is 3.11. The standard InChI is InChI=1S/C12H19N5O/c1-8(2)17(3)7-6-14-10-5-4-9(13)11-12(10)16-18-15-11/h4-5,8,14H,6-7,13H2,1-3H3. The van der Waals surface area contributed by atoms with Gasteiger partial charge in [-0.3, -0.25) is 0 Å². The van der Waals surface area contributed by atoms with E-state index in [0.717, 1.165) is 18.8 Å². The number of nitrogens with zero attached hydrogens (tertiary/aromatic N) is 3. The van der Waals surface area contributed by atoms with Crippen molar-refractivity contribution in [2.24, 2.45) is 0 Å². The predicted molar refractivity (Wildman–Crippen MR) is 72.5 cm³/mol. The molecule has 0 aliphatic carbocycles. The summed E-state index contributed by atoms with van der Waals surface area (Å²) in [6.45, 7) is 6.13. The molecule has 0 fully saturated rings. The highest BCUT2D eigenvalue weighted by molar-refractivity contribution is 5.94. The lowest BCUT2D eigenvalue weighted by atomic mass is 10.2. The molecule has 2 aromatic rings. The lowest BCUT2D eigenvalue weighted by Gasteiger charge is -2.21. The number of rotatable bonds is 5. The van der Waals surface area contributed by atoms with Crippen molar-refractivity contribution in [1.29, 1.82) is 0 Å². The molecule has 0 spiro atoms. The molecule has 2 rings (SSSR count). The van der Waals surface area contributed by atoms with Crippen molar-refractivity contribution in [3.05, 3.63) is 12.1 Å². The monoisotopic (exact) mass is 249 g/mol. The molecule has 0 atom stereocenters. The second-order valence-corrected chi connectivity index (χ2v) is 4.66. The molecule has 0 amide bonds. The van der Waals surface area contributed by atoms with Crippen LogP contribution in [-0.4, -0.2) is 41.4 Å². The first-order chi connectivity index (χ1) is 8.59. The van der Waals surface area contributed by atoms with E-state index in [1.54, 1.807) is 6.07 Å². The molecule has 1 heterocycles. The summed E-state index contributed by atoms with van der Waals surface area (Å²) in [7, 11) is 2.10. The minimum Gasteiger partial charge on any atom is -0.397 e. The molecule has 0 unspecified atom stereocenters. The van der Waals surface area contributed by atoms with Crippen LogP contribution in [0.15, 0.2) is 16.8 Å². The summed E-state index contributed by atoms with van der Waals surface area (Å²) in [5.74, 6) is 0. The third kappa shape index (κ3) is 2.53. The molecule has 6 nitrogen and oxygen atoms in total. The minimum absolute atomic E-state index is 0.534. The molecule has 1 aromatic heterocycles. The van der Waals surface area contributed by atoms with E-state index in [1.165, 1.54) is 0 Å². The number of nitrogens with one attached hydrogen (secondary N) is 1. The molecule has 98 valence electrons. The van der Waals surface area contributed by atoms with Gasteiger partial charge in [0, 0.05) is 19.1 Å². The molecule has 0 radical (unpaired) electrons. The van der Waals surface area contributed by atoms with Gasteiger partial charge in [-0.15, -0.1) is 0 Å². The van der Waals surface area contributed by atoms with Crippen molar-refractivity contribution < 1.29 is 4.63 Å². The Morgan fingerprint density at radius 2 is 2.06 bits per heavy atom. The van der Waals surface area contributed by atoms with Crippen molar-refractivity contribution in [3.8, 4) is 0 Å². The van der Waals surface area contributed by atoms with Crippen LogP contribution in [0, 0.1) is 0 Å². The number of nitrogens with two attached hydrogens (primary N) is 1. The number of anilines is 2. The summed E-state index contributed by atoms with van der Waals surface area (Å²) < 4.78 is 4.72. The van der Waals surface area contributed by atoms with E-state index in [0.29, 0.717) is 22.8 Å². The van der Waals surface area contributed by atoms with Gasteiger partial charge < -0.3 is 16.0 Å². The number of nitrogen functional groups attached to an aromatic ring is 1. The van der Waals surface area contributed by atoms with E-state index >= 15 is 0 Å². The number of hydrogen-bond acceptors (Lipinski definition) is 6. The molecular formula is C12H19N5O. The van der Waals surface area contributed by atoms with Crippen molar-refractivity contribution in [3.63, 3.8) is 0 Å². The predicted octanol–water partition coefficient (Wildman–Crippen LogP) is 1.56. The maximum absolute atomic E-state index is 5.79. The average Bonchev–Trinajstić information content (AvgIpc) is 2.81. The highest BCUT2D eigenvalue weighted by atomic mass is 16.6. The summed E-state index contributed by atoms with van der Waals surface area (Å²) in [6.07, 6.45) is 0. The zero-order chi connectivity index (χ0) is 13.1. The van der Waals surface area contributed by atoms with Crippen LogP contribution in [0.3, 0.4) is 0 Å². The van der Waals surface area contributed by atoms with E-state index in [4.69, 9.17) is 10.4 Å². The Hall–Kier alpha value is -1.82. The van der Waals surface area contributed by atoms with Crippen LogP contribution < -0.4 is 11.1 Å². The molecule has 0 aliphatic rings. The first-order valence-electron chi connectivity index (χ1n) is 6.04. The zero-order valence-corrected chi connectivity index (χ0v) is 11.0. The number of hydrogen-bond donors (Lipinski definition) is 2. The van der Waals surface area contributed by atoms with Gasteiger partial charge in [-0.2, -0.15) is 0 Å². The molecule has 18 heavy (non-hydrogen) atoms. The van der Waals surface area contributed by atoms with E-state index in [9.17, 15) is 0 Å². The van der Waals surface area contributed by atoms with Crippen LogP contribution in [0.2, 0.25) is 0 Å². The van der Waals surface area contributed by atoms with E-state index in [1.807, 2.05) is 6.07 Å². The number of likely N-dealkylation sites (N-methyl/N-ethyl adjacent to an activating group) is 1. The smallest absolute Gasteiger partial charge is 0.160 e. The summed E-state index contributed by atoms with van der Waals surface area (Å²) in [4.78, 5) is 2.27. The summed E-state index contributed by atoms with van der Waals surface area (Å²) in [6, 6.07) is 4.24. The van der Waals surface area contributed by atoms with E-state index in [-0.39, 0.29) is 0 Å². The molecule has 0 aliphatic heterocycles. The van der Waals surface area contributed by atoms with Crippen LogP contribution in [0.25, 0.3) is 11.0 Å². The van der Waals surface area contributed by atoms with Crippen molar-refractivity contribution >= 4 is 22.4 Å². The van der Waals surface area contributed by atoms with E-state index in [2.05, 4.69) is 41.4 Å². The Morgan fingerprint density at radius 3 is 2.78 bits per heavy atom. The fraction of sp³-hybridized carbons (Fsp3) is 0.500. The maximum Gasteiger partial charge on any atom is 0.160 e. The van der Waals surface area contributed by atoms with Gasteiger partial charge in [0.2, 0.25) is 0 Å². The largest absolute Gasteiger partial charge is 0.397 e. The highest BCUT2D eigenvalue weighted by Crippen LogP contribution is 2.24. The molecule has 6 heteroatoms. The second kappa shape index (κ2) is 5.22. The molecule has 0 bridgehead atoms. The van der Waals surface area contributed by atoms with Gasteiger partial charge in [0.15, 0.2) is 11.0 Å². The molecule has 3 N–H and O–H groups in total. The summed E-state index contributed by atoms with van der Waals surface area (Å²) in [5, 5.41) is 11.0. The molecular weight excluding hydrogens is 230 g/mol. The van der Waals surface area contributed by atoms with Crippen LogP contribution in [0.5, 0.6) is 0 Å². The van der Waals surface area contributed by atoms with Crippen LogP contribution in [0.4, 0.5) is 11.4 Å². The van der Waals surface area contributed by atoms with Gasteiger partial charge in [0.1, 0.15) is 0 Å².